The summed E-state index contributed by atoms with van der Waals surface area (Å²) in [5, 5.41) is 2.57. The van der Waals surface area contributed by atoms with Crippen LogP contribution in [0.3, 0.4) is 0 Å². The lowest BCUT2D eigenvalue weighted by atomic mass is 10.1. The van der Waals surface area contributed by atoms with Gasteiger partial charge in [0.1, 0.15) is 22.8 Å². The quantitative estimate of drug-likeness (QED) is 0.335. The molecule has 4 rings (SSSR count). The number of furan rings is 1. The number of methoxy groups -OCH3 is 1. The second kappa shape index (κ2) is 8.25. The third-order valence-electron chi connectivity index (χ3n) is 4.47. The van der Waals surface area contributed by atoms with E-state index in [9.17, 15) is 9.59 Å². The minimum atomic E-state index is -0.573. The molecule has 0 aliphatic carbocycles. The maximum absolute atomic E-state index is 13.1. The van der Waals surface area contributed by atoms with Crippen LogP contribution in [0.1, 0.15) is 5.76 Å². The lowest BCUT2D eigenvalue weighted by Gasteiger charge is -2.28. The van der Waals surface area contributed by atoms with Crippen LogP contribution in [-0.4, -0.2) is 24.0 Å². The molecule has 1 N–H and O–H groups in total. The van der Waals surface area contributed by atoms with Gasteiger partial charge < -0.3 is 9.15 Å². The maximum Gasteiger partial charge on any atom is 0.270 e. The van der Waals surface area contributed by atoms with E-state index < -0.39 is 11.8 Å². The molecule has 1 saturated heterocycles. The molecule has 8 heteroatoms. The SMILES string of the molecule is COc1ccc(N2C(=O)/C(=C\c3ccc(-c4ccc(Br)cc4)o3)C(=O)NC2=S)cc1. The second-order valence-corrected chi connectivity index (χ2v) is 7.67. The number of anilines is 1. The predicted octanol–water partition coefficient (Wildman–Crippen LogP) is 4.55. The van der Waals surface area contributed by atoms with Gasteiger partial charge in [0.2, 0.25) is 0 Å². The average Bonchev–Trinajstić information content (AvgIpc) is 3.21. The van der Waals surface area contributed by atoms with E-state index in [2.05, 4.69) is 21.2 Å². The van der Waals surface area contributed by atoms with Crippen molar-refractivity contribution in [1.82, 2.24) is 5.32 Å². The maximum atomic E-state index is 13.1. The van der Waals surface area contributed by atoms with Gasteiger partial charge >= 0.3 is 0 Å². The zero-order valence-corrected chi connectivity index (χ0v) is 18.1. The van der Waals surface area contributed by atoms with Gasteiger partial charge in [0.05, 0.1) is 12.8 Å². The van der Waals surface area contributed by atoms with E-state index in [0.29, 0.717) is 23.0 Å². The molecule has 150 valence electrons. The van der Waals surface area contributed by atoms with Gasteiger partial charge in [-0.25, -0.2) is 0 Å². The molecule has 2 aromatic carbocycles. The van der Waals surface area contributed by atoms with Crippen LogP contribution in [0, 0.1) is 0 Å². The van der Waals surface area contributed by atoms with Gasteiger partial charge in [-0.1, -0.05) is 28.1 Å². The summed E-state index contributed by atoms with van der Waals surface area (Å²) in [5.74, 6) is 0.548. The normalized spacial score (nSPS) is 15.5. The lowest BCUT2D eigenvalue weighted by Crippen LogP contribution is -2.54. The van der Waals surface area contributed by atoms with Crippen LogP contribution in [0.2, 0.25) is 0 Å². The smallest absolute Gasteiger partial charge is 0.270 e. The molecule has 0 saturated carbocycles. The number of ether oxygens (including phenoxy) is 1. The molecular weight excluding hydrogens is 468 g/mol. The van der Waals surface area contributed by atoms with E-state index in [4.69, 9.17) is 21.4 Å². The fourth-order valence-electron chi connectivity index (χ4n) is 2.97. The molecule has 0 unspecified atom stereocenters. The Kier molecular flexibility index (Phi) is 5.52. The van der Waals surface area contributed by atoms with Gasteiger partial charge in [0, 0.05) is 10.0 Å². The van der Waals surface area contributed by atoms with E-state index in [1.54, 1.807) is 43.5 Å². The fraction of sp³-hybridized carbons (Fsp3) is 0.0455. The fourth-order valence-corrected chi connectivity index (χ4v) is 3.51. The van der Waals surface area contributed by atoms with E-state index in [-0.39, 0.29) is 10.7 Å². The third-order valence-corrected chi connectivity index (χ3v) is 5.29. The van der Waals surface area contributed by atoms with Crippen molar-refractivity contribution in [2.24, 2.45) is 0 Å². The van der Waals surface area contributed by atoms with E-state index in [1.807, 2.05) is 24.3 Å². The standard InChI is InChI=1S/C22H15BrN2O4S/c1-28-16-8-6-15(7-9-16)25-21(27)18(20(26)24-22(25)30)12-17-10-11-19(29-17)13-2-4-14(23)5-3-13/h2-12H,1H3,(H,24,26,30)/b18-12-. The highest BCUT2D eigenvalue weighted by atomic mass is 79.9. The van der Waals surface area contributed by atoms with Crippen LogP contribution < -0.4 is 15.0 Å². The van der Waals surface area contributed by atoms with E-state index in [0.717, 1.165) is 10.0 Å². The molecule has 6 nitrogen and oxygen atoms in total. The molecule has 3 aromatic rings. The molecule has 0 atom stereocenters. The Morgan fingerprint density at radius 1 is 1.03 bits per heavy atom. The van der Waals surface area contributed by atoms with Gasteiger partial charge in [-0.05, 0) is 66.8 Å². The van der Waals surface area contributed by atoms with Crippen molar-refractivity contribution in [3.8, 4) is 17.1 Å². The first kappa shape index (κ1) is 20.1. The molecular formula is C22H15BrN2O4S. The number of hydrogen-bond donors (Lipinski definition) is 1. The highest BCUT2D eigenvalue weighted by Gasteiger charge is 2.34. The highest BCUT2D eigenvalue weighted by molar-refractivity contribution is 9.10. The number of amides is 2. The van der Waals surface area contributed by atoms with Crippen molar-refractivity contribution in [3.63, 3.8) is 0 Å². The summed E-state index contributed by atoms with van der Waals surface area (Å²) in [7, 11) is 1.55. The lowest BCUT2D eigenvalue weighted by molar-refractivity contribution is -0.122. The van der Waals surface area contributed by atoms with Crippen LogP contribution in [0.4, 0.5) is 5.69 Å². The Bertz CT molecular complexity index is 1170. The Morgan fingerprint density at radius 2 is 1.73 bits per heavy atom. The minimum absolute atomic E-state index is 0.0160. The molecule has 0 bridgehead atoms. The summed E-state index contributed by atoms with van der Waals surface area (Å²) in [6.07, 6.45) is 1.42. The zero-order chi connectivity index (χ0) is 21.3. The summed E-state index contributed by atoms with van der Waals surface area (Å²) in [4.78, 5) is 26.7. The highest BCUT2D eigenvalue weighted by Crippen LogP contribution is 2.27. The van der Waals surface area contributed by atoms with Crippen molar-refractivity contribution >= 4 is 56.8 Å². The Hall–Kier alpha value is -3.23. The van der Waals surface area contributed by atoms with Crippen molar-refractivity contribution in [1.29, 1.82) is 0 Å². The predicted molar refractivity (Wildman–Crippen MR) is 121 cm³/mol. The van der Waals surface area contributed by atoms with Crippen LogP contribution >= 0.6 is 28.1 Å². The van der Waals surface area contributed by atoms with Crippen LogP contribution in [0.25, 0.3) is 17.4 Å². The molecule has 0 radical (unpaired) electrons. The molecule has 2 amide bonds. The first-order chi connectivity index (χ1) is 14.5. The first-order valence-electron chi connectivity index (χ1n) is 8.87. The summed E-state index contributed by atoms with van der Waals surface area (Å²) in [6, 6.07) is 17.9. The number of nitrogens with one attached hydrogen (secondary N) is 1. The van der Waals surface area contributed by atoms with Crippen LogP contribution in [-0.2, 0) is 9.59 Å². The number of carbonyl (C=O) groups is 2. The molecule has 1 fully saturated rings. The minimum Gasteiger partial charge on any atom is -0.497 e. The number of benzene rings is 2. The van der Waals surface area contributed by atoms with E-state index in [1.165, 1.54) is 11.0 Å². The number of hydrogen-bond acceptors (Lipinski definition) is 5. The average molecular weight is 483 g/mol. The van der Waals surface area contributed by atoms with Crippen molar-refractivity contribution in [2.45, 2.75) is 0 Å². The summed E-state index contributed by atoms with van der Waals surface area (Å²) in [6.45, 7) is 0. The van der Waals surface area contributed by atoms with Gasteiger partial charge in [0.15, 0.2) is 5.11 Å². The number of thiocarbonyl (C=S) groups is 1. The molecule has 1 aliphatic rings. The Balaban J connectivity index is 1.65. The number of carbonyl (C=O) groups excluding carboxylic acids is 2. The van der Waals surface area contributed by atoms with Gasteiger partial charge in [0.25, 0.3) is 11.8 Å². The Labute approximate surface area is 186 Å². The number of nitrogens with zero attached hydrogens (tertiary/aromatic N) is 1. The first-order valence-corrected chi connectivity index (χ1v) is 10.1. The summed E-state index contributed by atoms with van der Waals surface area (Å²) in [5.41, 5.74) is 1.33. The van der Waals surface area contributed by atoms with Crippen LogP contribution in [0.5, 0.6) is 5.75 Å². The molecule has 1 aliphatic heterocycles. The topological polar surface area (TPSA) is 71.8 Å². The van der Waals surface area contributed by atoms with Gasteiger partial charge in [-0.15, -0.1) is 0 Å². The summed E-state index contributed by atoms with van der Waals surface area (Å²) < 4.78 is 11.9. The zero-order valence-electron chi connectivity index (χ0n) is 15.7. The van der Waals surface area contributed by atoms with Crippen molar-refractivity contribution < 1.29 is 18.7 Å². The monoisotopic (exact) mass is 482 g/mol. The molecule has 1 aromatic heterocycles. The van der Waals surface area contributed by atoms with Gasteiger partial charge in [-0.3, -0.25) is 19.8 Å². The van der Waals surface area contributed by atoms with Crippen molar-refractivity contribution in [3.05, 3.63) is 76.5 Å². The van der Waals surface area contributed by atoms with Crippen LogP contribution in [0.15, 0.2) is 75.1 Å². The number of rotatable bonds is 4. The Morgan fingerprint density at radius 3 is 2.40 bits per heavy atom. The molecule has 2 heterocycles. The van der Waals surface area contributed by atoms with E-state index >= 15 is 0 Å². The largest absolute Gasteiger partial charge is 0.497 e. The summed E-state index contributed by atoms with van der Waals surface area (Å²) >= 11 is 8.60. The second-order valence-electron chi connectivity index (χ2n) is 6.36. The molecule has 0 spiro atoms. The number of halogens is 1. The molecule has 30 heavy (non-hydrogen) atoms. The third kappa shape index (κ3) is 3.92. The van der Waals surface area contributed by atoms with Gasteiger partial charge in [-0.2, -0.15) is 0 Å². The van der Waals surface area contributed by atoms with Crippen molar-refractivity contribution in [2.75, 3.05) is 12.0 Å².